The van der Waals surface area contributed by atoms with Crippen molar-refractivity contribution in [2.24, 2.45) is 0 Å². The number of hydrogen-bond donors (Lipinski definition) is 1. The molecule has 1 amide bonds. The highest BCUT2D eigenvalue weighted by Crippen LogP contribution is 2.25. The van der Waals surface area contributed by atoms with Crippen LogP contribution in [0.25, 0.3) is 10.6 Å². The van der Waals surface area contributed by atoms with Gasteiger partial charge in [0.25, 0.3) is 0 Å². The van der Waals surface area contributed by atoms with Crippen molar-refractivity contribution in [3.63, 3.8) is 0 Å². The molecule has 0 aliphatic rings. The molecule has 3 nitrogen and oxygen atoms in total. The highest BCUT2D eigenvalue weighted by molar-refractivity contribution is 7.15. The monoisotopic (exact) mass is 302 g/mol. The lowest BCUT2D eigenvalue weighted by Crippen LogP contribution is -2.20. The fourth-order valence-corrected chi connectivity index (χ4v) is 2.99. The summed E-state index contributed by atoms with van der Waals surface area (Å²) in [7, 11) is 0. The van der Waals surface area contributed by atoms with E-state index < -0.39 is 0 Å². The molecule has 0 fully saturated rings. The van der Waals surface area contributed by atoms with Gasteiger partial charge in [-0.05, 0) is 31.2 Å². The number of thiazole rings is 1. The third-order valence-electron chi connectivity index (χ3n) is 3.37. The van der Waals surface area contributed by atoms with Gasteiger partial charge < -0.3 is 5.32 Å². The smallest absolute Gasteiger partial charge is 0.216 e. The highest BCUT2D eigenvalue weighted by Gasteiger charge is 2.03. The molecule has 0 atom stereocenters. The van der Waals surface area contributed by atoms with Crippen LogP contribution in [0.15, 0.2) is 30.5 Å². The van der Waals surface area contributed by atoms with Crippen LogP contribution in [0, 0.1) is 0 Å². The molecule has 1 N–H and O–H groups in total. The Morgan fingerprint density at radius 2 is 2.00 bits per heavy atom. The van der Waals surface area contributed by atoms with Crippen LogP contribution in [0.2, 0.25) is 0 Å². The highest BCUT2D eigenvalue weighted by atomic mass is 32.1. The normalized spacial score (nSPS) is 10.6. The summed E-state index contributed by atoms with van der Waals surface area (Å²) in [4.78, 5) is 16.6. The van der Waals surface area contributed by atoms with Crippen LogP contribution in [0.3, 0.4) is 0 Å². The van der Waals surface area contributed by atoms with Gasteiger partial charge in [0.2, 0.25) is 5.91 Å². The largest absolute Gasteiger partial charge is 0.356 e. The number of benzene rings is 1. The van der Waals surface area contributed by atoms with Gasteiger partial charge in [0.05, 0.1) is 0 Å². The van der Waals surface area contributed by atoms with Crippen molar-refractivity contribution in [2.45, 2.75) is 39.5 Å². The van der Waals surface area contributed by atoms with Gasteiger partial charge in [-0.25, -0.2) is 4.98 Å². The van der Waals surface area contributed by atoms with Gasteiger partial charge in [0.1, 0.15) is 5.01 Å². The first kappa shape index (κ1) is 15.7. The van der Waals surface area contributed by atoms with E-state index in [0.29, 0.717) is 0 Å². The maximum Gasteiger partial charge on any atom is 0.216 e. The molecule has 112 valence electrons. The van der Waals surface area contributed by atoms with Crippen LogP contribution in [-0.4, -0.2) is 17.4 Å². The summed E-state index contributed by atoms with van der Waals surface area (Å²) in [6.45, 7) is 4.48. The first-order valence-corrected chi connectivity index (χ1v) is 8.29. The van der Waals surface area contributed by atoms with E-state index >= 15 is 0 Å². The van der Waals surface area contributed by atoms with Crippen molar-refractivity contribution in [1.29, 1.82) is 0 Å². The van der Waals surface area contributed by atoms with E-state index in [4.69, 9.17) is 0 Å². The molecular weight excluding hydrogens is 280 g/mol. The number of hydrogen-bond acceptors (Lipinski definition) is 3. The summed E-state index contributed by atoms with van der Waals surface area (Å²) in [5, 5.41) is 3.93. The van der Waals surface area contributed by atoms with E-state index in [1.165, 1.54) is 16.0 Å². The number of unbranched alkanes of at least 4 members (excludes halogenated alkanes) is 1. The average molecular weight is 302 g/mol. The molecule has 0 radical (unpaired) electrons. The zero-order valence-electron chi connectivity index (χ0n) is 12.7. The molecule has 0 aliphatic heterocycles. The van der Waals surface area contributed by atoms with E-state index in [0.717, 1.165) is 37.2 Å². The molecule has 0 unspecified atom stereocenters. The third-order valence-corrected chi connectivity index (χ3v) is 4.56. The van der Waals surface area contributed by atoms with E-state index in [9.17, 15) is 4.79 Å². The topological polar surface area (TPSA) is 42.0 Å². The van der Waals surface area contributed by atoms with Crippen LogP contribution >= 0.6 is 11.3 Å². The van der Waals surface area contributed by atoms with Crippen molar-refractivity contribution in [3.05, 3.63) is 40.9 Å². The van der Waals surface area contributed by atoms with Crippen LogP contribution in [0.1, 0.15) is 37.1 Å². The van der Waals surface area contributed by atoms with Gasteiger partial charge in [0, 0.05) is 30.1 Å². The quantitative estimate of drug-likeness (QED) is 0.790. The molecule has 1 heterocycles. The van der Waals surface area contributed by atoms with Crippen molar-refractivity contribution >= 4 is 17.2 Å². The zero-order chi connectivity index (χ0) is 15.1. The number of rotatable bonds is 7. The Bertz CT molecular complexity index is 575. The van der Waals surface area contributed by atoms with Gasteiger partial charge in [0.15, 0.2) is 0 Å². The van der Waals surface area contributed by atoms with E-state index in [-0.39, 0.29) is 5.91 Å². The summed E-state index contributed by atoms with van der Waals surface area (Å²) >= 11 is 1.77. The predicted molar refractivity (Wildman–Crippen MR) is 88.5 cm³/mol. The maximum absolute atomic E-state index is 10.8. The summed E-state index contributed by atoms with van der Waals surface area (Å²) in [5.41, 5.74) is 2.54. The molecule has 0 spiro atoms. The zero-order valence-corrected chi connectivity index (χ0v) is 13.5. The van der Waals surface area contributed by atoms with Crippen LogP contribution in [0.4, 0.5) is 0 Å². The first-order chi connectivity index (χ1) is 10.2. The number of carbonyl (C=O) groups excluding carboxylic acids is 1. The fourth-order valence-electron chi connectivity index (χ4n) is 2.14. The molecule has 1 aromatic carbocycles. The van der Waals surface area contributed by atoms with Crippen LogP contribution in [0.5, 0.6) is 0 Å². The summed E-state index contributed by atoms with van der Waals surface area (Å²) in [6.07, 6.45) is 6.18. The SMILES string of the molecule is CCc1cnc(-c2ccc(CCCCNC(C)=O)cc2)s1. The van der Waals surface area contributed by atoms with Gasteiger partial charge in [-0.2, -0.15) is 0 Å². The molecule has 0 bridgehead atoms. The lowest BCUT2D eigenvalue weighted by molar-refractivity contribution is -0.118. The van der Waals surface area contributed by atoms with Gasteiger partial charge in [-0.1, -0.05) is 31.2 Å². The number of aromatic nitrogens is 1. The Labute approximate surface area is 130 Å². The first-order valence-electron chi connectivity index (χ1n) is 7.47. The molecule has 0 aliphatic carbocycles. The van der Waals surface area contributed by atoms with Crippen LogP contribution in [-0.2, 0) is 17.6 Å². The Kier molecular flexibility index (Phi) is 5.93. The lowest BCUT2D eigenvalue weighted by Gasteiger charge is -2.04. The van der Waals surface area contributed by atoms with Crippen molar-refractivity contribution in [3.8, 4) is 10.6 Å². The number of aryl methyl sites for hydroxylation is 2. The Morgan fingerprint density at radius 1 is 1.24 bits per heavy atom. The average Bonchev–Trinajstić information content (AvgIpc) is 2.96. The minimum Gasteiger partial charge on any atom is -0.356 e. The molecule has 2 aromatic rings. The van der Waals surface area contributed by atoms with E-state index in [1.54, 1.807) is 18.3 Å². The lowest BCUT2D eigenvalue weighted by atomic mass is 10.1. The predicted octanol–water partition coefficient (Wildman–Crippen LogP) is 3.83. The number of carbonyl (C=O) groups is 1. The van der Waals surface area contributed by atoms with Crippen molar-refractivity contribution in [1.82, 2.24) is 10.3 Å². The van der Waals surface area contributed by atoms with Gasteiger partial charge in [-0.15, -0.1) is 11.3 Å². The standard InChI is InChI=1S/C17H22N2OS/c1-3-16-12-19-17(21-16)15-9-7-14(8-10-15)6-4-5-11-18-13(2)20/h7-10,12H,3-6,11H2,1-2H3,(H,18,20). The van der Waals surface area contributed by atoms with Crippen molar-refractivity contribution in [2.75, 3.05) is 6.54 Å². The third kappa shape index (κ3) is 4.97. The summed E-state index contributed by atoms with van der Waals surface area (Å²) in [6, 6.07) is 8.67. The second-order valence-corrected chi connectivity index (χ2v) is 6.24. The molecular formula is C17H22N2OS. The minimum absolute atomic E-state index is 0.0502. The number of nitrogens with zero attached hydrogens (tertiary/aromatic N) is 1. The second kappa shape index (κ2) is 7.93. The summed E-state index contributed by atoms with van der Waals surface area (Å²) < 4.78 is 0. The molecule has 4 heteroatoms. The van der Waals surface area contributed by atoms with Crippen molar-refractivity contribution < 1.29 is 4.79 Å². The minimum atomic E-state index is 0.0502. The van der Waals surface area contributed by atoms with E-state index in [2.05, 4.69) is 41.5 Å². The number of amides is 1. The maximum atomic E-state index is 10.8. The van der Waals surface area contributed by atoms with Crippen LogP contribution < -0.4 is 5.32 Å². The fraction of sp³-hybridized carbons (Fsp3) is 0.412. The molecule has 2 rings (SSSR count). The number of nitrogens with one attached hydrogen (secondary N) is 1. The second-order valence-electron chi connectivity index (χ2n) is 5.12. The summed E-state index contributed by atoms with van der Waals surface area (Å²) in [5.74, 6) is 0.0502. The van der Waals surface area contributed by atoms with Gasteiger partial charge in [-0.3, -0.25) is 4.79 Å². The Morgan fingerprint density at radius 3 is 2.62 bits per heavy atom. The molecule has 1 aromatic heterocycles. The Balaban J connectivity index is 1.83. The molecule has 0 saturated heterocycles. The van der Waals surface area contributed by atoms with E-state index in [1.807, 2.05) is 6.20 Å². The Hall–Kier alpha value is -1.68. The molecule has 0 saturated carbocycles. The molecule has 21 heavy (non-hydrogen) atoms. The van der Waals surface area contributed by atoms with Gasteiger partial charge >= 0.3 is 0 Å².